The fourth-order valence-corrected chi connectivity index (χ4v) is 4.52. The summed E-state index contributed by atoms with van der Waals surface area (Å²) in [6.07, 6.45) is 3.72. The zero-order valence-electron chi connectivity index (χ0n) is 12.2. The van der Waals surface area contributed by atoms with Crippen molar-refractivity contribution in [2.75, 3.05) is 20.3 Å². The summed E-state index contributed by atoms with van der Waals surface area (Å²) in [6.45, 7) is 1.01. The van der Waals surface area contributed by atoms with Crippen LogP contribution in [0.3, 0.4) is 0 Å². The van der Waals surface area contributed by atoms with Crippen LogP contribution < -0.4 is 4.72 Å². The third-order valence-corrected chi connectivity index (χ3v) is 5.45. The van der Waals surface area contributed by atoms with Crippen LogP contribution in [-0.4, -0.2) is 45.9 Å². The summed E-state index contributed by atoms with van der Waals surface area (Å²) in [5, 5.41) is 1.76. The normalized spacial score (nSPS) is 23.3. The highest BCUT2D eigenvalue weighted by atomic mass is 32.2. The molecule has 1 fully saturated rings. The van der Waals surface area contributed by atoms with Gasteiger partial charge in [-0.1, -0.05) is 12.8 Å². The van der Waals surface area contributed by atoms with Crippen molar-refractivity contribution >= 4 is 21.4 Å². The first kappa shape index (κ1) is 16.8. The van der Waals surface area contributed by atoms with Crippen LogP contribution in [0.15, 0.2) is 10.9 Å². The van der Waals surface area contributed by atoms with E-state index in [4.69, 9.17) is 9.47 Å². The molecule has 0 saturated heterocycles. The monoisotopic (exact) mass is 334 g/mol. The van der Waals surface area contributed by atoms with Gasteiger partial charge in [-0.3, -0.25) is 0 Å². The Morgan fingerprint density at radius 1 is 1.38 bits per heavy atom. The van der Waals surface area contributed by atoms with E-state index in [1.165, 1.54) is 11.3 Å². The average Bonchev–Trinajstić information content (AvgIpc) is 2.92. The highest BCUT2D eigenvalue weighted by Gasteiger charge is 2.29. The molecule has 1 heterocycles. The van der Waals surface area contributed by atoms with Crippen molar-refractivity contribution in [3.63, 3.8) is 0 Å². The molecule has 1 aromatic heterocycles. The summed E-state index contributed by atoms with van der Waals surface area (Å²) in [4.78, 5) is 4.03. The molecule has 0 bridgehead atoms. The smallest absolute Gasteiger partial charge is 0.217 e. The van der Waals surface area contributed by atoms with Gasteiger partial charge in [-0.15, -0.1) is 11.3 Å². The maximum absolute atomic E-state index is 12.2. The van der Waals surface area contributed by atoms with Crippen LogP contribution >= 0.6 is 11.3 Å². The summed E-state index contributed by atoms with van der Waals surface area (Å²) in [5.74, 6) is -0.0716. The van der Waals surface area contributed by atoms with Gasteiger partial charge >= 0.3 is 0 Å². The van der Waals surface area contributed by atoms with E-state index in [0.717, 1.165) is 25.7 Å². The minimum atomic E-state index is -3.38. The summed E-state index contributed by atoms with van der Waals surface area (Å²) in [7, 11) is -1.76. The highest BCUT2D eigenvalue weighted by Crippen LogP contribution is 2.22. The van der Waals surface area contributed by atoms with Gasteiger partial charge in [0, 0.05) is 18.5 Å². The second-order valence-electron chi connectivity index (χ2n) is 5.15. The Bertz CT molecular complexity index is 504. The van der Waals surface area contributed by atoms with Gasteiger partial charge in [0.05, 0.1) is 30.5 Å². The lowest BCUT2D eigenvalue weighted by Gasteiger charge is -2.31. The van der Waals surface area contributed by atoms with Crippen LogP contribution in [-0.2, 0) is 25.2 Å². The van der Waals surface area contributed by atoms with E-state index in [1.54, 1.807) is 18.0 Å². The van der Waals surface area contributed by atoms with Crippen molar-refractivity contribution in [1.82, 2.24) is 9.71 Å². The highest BCUT2D eigenvalue weighted by molar-refractivity contribution is 7.88. The number of rotatable bonds is 8. The average molecular weight is 334 g/mol. The first-order valence-corrected chi connectivity index (χ1v) is 9.68. The molecule has 21 heavy (non-hydrogen) atoms. The van der Waals surface area contributed by atoms with Gasteiger partial charge in [-0.25, -0.2) is 18.1 Å². The Kier molecular flexibility index (Phi) is 6.56. The number of hydrogen-bond acceptors (Lipinski definition) is 6. The Hall–Kier alpha value is -0.540. The van der Waals surface area contributed by atoms with E-state index in [2.05, 4.69) is 9.71 Å². The van der Waals surface area contributed by atoms with E-state index in [9.17, 15) is 8.42 Å². The van der Waals surface area contributed by atoms with Crippen molar-refractivity contribution in [2.45, 2.75) is 43.6 Å². The predicted octanol–water partition coefficient (Wildman–Crippen LogP) is 1.54. The number of nitrogens with one attached hydrogen (secondary N) is 1. The van der Waals surface area contributed by atoms with E-state index in [1.807, 2.05) is 0 Å². The number of sulfonamides is 1. The first-order chi connectivity index (χ1) is 10.1. The Morgan fingerprint density at radius 2 is 2.19 bits per heavy atom. The van der Waals surface area contributed by atoms with Crippen LogP contribution in [0.1, 0.15) is 31.4 Å². The van der Waals surface area contributed by atoms with Crippen LogP contribution in [0.25, 0.3) is 0 Å². The Labute approximate surface area is 129 Å². The minimum Gasteiger partial charge on any atom is -0.382 e. The molecule has 2 rings (SSSR count). The van der Waals surface area contributed by atoms with Crippen molar-refractivity contribution < 1.29 is 17.9 Å². The molecule has 0 amide bonds. The molecule has 1 saturated carbocycles. The quantitative estimate of drug-likeness (QED) is 0.730. The largest absolute Gasteiger partial charge is 0.382 e. The number of hydrogen-bond donors (Lipinski definition) is 1. The molecule has 1 N–H and O–H groups in total. The summed E-state index contributed by atoms with van der Waals surface area (Å²) in [6, 6.07) is -0.153. The van der Waals surface area contributed by atoms with Crippen LogP contribution in [0.5, 0.6) is 0 Å². The Morgan fingerprint density at radius 3 is 2.90 bits per heavy atom. The molecule has 8 heteroatoms. The van der Waals surface area contributed by atoms with Crippen molar-refractivity contribution in [2.24, 2.45) is 0 Å². The minimum absolute atomic E-state index is 0.0703. The molecule has 1 aliphatic rings. The number of methoxy groups -OCH3 is 1. The van der Waals surface area contributed by atoms with Crippen LogP contribution in [0, 0.1) is 0 Å². The maximum Gasteiger partial charge on any atom is 0.217 e. The third-order valence-electron chi connectivity index (χ3n) is 3.47. The fraction of sp³-hybridized carbons (Fsp3) is 0.769. The van der Waals surface area contributed by atoms with E-state index < -0.39 is 10.0 Å². The fourth-order valence-electron chi connectivity index (χ4n) is 2.49. The van der Waals surface area contributed by atoms with Crippen molar-refractivity contribution in [3.8, 4) is 0 Å². The zero-order valence-corrected chi connectivity index (χ0v) is 13.8. The van der Waals surface area contributed by atoms with Crippen molar-refractivity contribution in [1.29, 1.82) is 0 Å². The molecular weight excluding hydrogens is 312 g/mol. The second kappa shape index (κ2) is 8.19. The van der Waals surface area contributed by atoms with Gasteiger partial charge in [0.15, 0.2) is 0 Å². The van der Waals surface area contributed by atoms with Gasteiger partial charge in [0.2, 0.25) is 10.0 Å². The Balaban J connectivity index is 1.91. The molecule has 0 unspecified atom stereocenters. The van der Waals surface area contributed by atoms with E-state index in [0.29, 0.717) is 18.9 Å². The lowest BCUT2D eigenvalue weighted by molar-refractivity contribution is -0.0134. The number of aromatic nitrogens is 1. The summed E-state index contributed by atoms with van der Waals surface area (Å²) < 4.78 is 37.9. The molecule has 120 valence electrons. The molecule has 1 aliphatic carbocycles. The molecular formula is C13H22N2O4S2. The molecule has 0 radical (unpaired) electrons. The predicted molar refractivity (Wildman–Crippen MR) is 81.7 cm³/mol. The van der Waals surface area contributed by atoms with Gasteiger partial charge < -0.3 is 9.47 Å². The molecule has 1 aromatic rings. The van der Waals surface area contributed by atoms with Crippen LogP contribution in [0.4, 0.5) is 0 Å². The third kappa shape index (κ3) is 5.63. The second-order valence-corrected chi connectivity index (χ2v) is 7.62. The summed E-state index contributed by atoms with van der Waals surface area (Å²) >= 11 is 1.40. The van der Waals surface area contributed by atoms with E-state index in [-0.39, 0.29) is 17.9 Å². The zero-order chi connectivity index (χ0) is 15.1. The molecule has 0 aromatic carbocycles. The van der Waals surface area contributed by atoms with Gasteiger partial charge in [0.25, 0.3) is 0 Å². The SMILES string of the molecule is COCCO[C@@H]1CCCC[C@H]1NS(=O)(=O)Cc1cscn1. The molecule has 0 aliphatic heterocycles. The standard InChI is InChI=1S/C13H22N2O4S2/c1-18-6-7-19-13-5-3-2-4-12(13)15-21(16,17)9-11-8-20-10-14-11/h8,10,12-13,15H,2-7,9H2,1H3/t12-,13-/m1/s1. The molecule has 6 nitrogen and oxygen atoms in total. The lowest BCUT2D eigenvalue weighted by atomic mass is 9.93. The number of ether oxygens (including phenoxy) is 2. The van der Waals surface area contributed by atoms with Gasteiger partial charge in [-0.05, 0) is 12.8 Å². The van der Waals surface area contributed by atoms with Crippen LogP contribution in [0.2, 0.25) is 0 Å². The number of nitrogens with zero attached hydrogens (tertiary/aromatic N) is 1. The summed E-state index contributed by atoms with van der Waals surface area (Å²) in [5.41, 5.74) is 2.22. The molecule has 2 atom stereocenters. The topological polar surface area (TPSA) is 77.5 Å². The van der Waals surface area contributed by atoms with Crippen molar-refractivity contribution in [3.05, 3.63) is 16.6 Å². The van der Waals surface area contributed by atoms with Gasteiger partial charge in [0.1, 0.15) is 5.75 Å². The maximum atomic E-state index is 12.2. The molecule has 0 spiro atoms. The first-order valence-electron chi connectivity index (χ1n) is 7.08. The number of thiazole rings is 1. The lowest BCUT2D eigenvalue weighted by Crippen LogP contribution is -2.46. The van der Waals surface area contributed by atoms with Gasteiger partial charge in [-0.2, -0.15) is 0 Å². The van der Waals surface area contributed by atoms with E-state index >= 15 is 0 Å².